The summed E-state index contributed by atoms with van der Waals surface area (Å²) in [5, 5.41) is 58.4. The van der Waals surface area contributed by atoms with E-state index in [1.807, 2.05) is 0 Å². The Morgan fingerprint density at radius 2 is 0.520 bits per heavy atom. The van der Waals surface area contributed by atoms with E-state index in [-0.39, 0.29) is 30.5 Å². The molecule has 1 saturated heterocycles. The number of piperazine rings is 1. The highest BCUT2D eigenvalue weighted by Gasteiger charge is 2.21. The predicted molar refractivity (Wildman–Crippen MR) is 438 cm³/mol. The highest BCUT2D eigenvalue weighted by atomic mass is 16.5. The van der Waals surface area contributed by atoms with Crippen molar-refractivity contribution in [2.75, 3.05) is 144 Å². The summed E-state index contributed by atoms with van der Waals surface area (Å²) in [5.74, 6) is 0.822. The lowest BCUT2D eigenvalue weighted by Gasteiger charge is -2.35. The minimum atomic E-state index is -0.376. The summed E-state index contributed by atoms with van der Waals surface area (Å²) in [6, 6.07) is 0. The van der Waals surface area contributed by atoms with Gasteiger partial charge in [-0.15, -0.1) is 0 Å². The first-order valence-electron chi connectivity index (χ1n) is 45.4. The Bertz CT molecular complexity index is 1520. The van der Waals surface area contributed by atoms with Crippen molar-refractivity contribution in [1.29, 1.82) is 0 Å². The van der Waals surface area contributed by atoms with Gasteiger partial charge >= 0.3 is 0 Å². The second-order valence-electron chi connectivity index (χ2n) is 32.1. The van der Waals surface area contributed by atoms with Crippen molar-refractivity contribution < 1.29 is 44.5 Å². The number of hydrogen-bond acceptors (Lipinski definition) is 14. The first-order chi connectivity index (χ1) is 50.1. The molecule has 1 heterocycles. The van der Waals surface area contributed by atoms with Gasteiger partial charge in [-0.1, -0.05) is 349 Å². The summed E-state index contributed by atoms with van der Waals surface area (Å²) in [4.78, 5) is 9.73. The van der Waals surface area contributed by atoms with Gasteiger partial charge in [-0.2, -0.15) is 0 Å². The van der Waals surface area contributed by atoms with Crippen molar-refractivity contribution in [2.24, 2.45) is 5.92 Å². The molecule has 6 atom stereocenters. The molecule has 6 N–H and O–H groups in total. The third-order valence-corrected chi connectivity index (χ3v) is 22.1. The van der Waals surface area contributed by atoms with E-state index >= 15 is 0 Å². The zero-order valence-corrected chi connectivity index (χ0v) is 69.1. The third-order valence-electron chi connectivity index (χ3n) is 22.1. The van der Waals surface area contributed by atoms with Crippen LogP contribution >= 0.6 is 0 Å². The van der Waals surface area contributed by atoms with Crippen molar-refractivity contribution in [2.45, 2.75) is 418 Å². The molecular formula is C88H181N5O9. The van der Waals surface area contributed by atoms with E-state index in [2.05, 4.69) is 59.5 Å². The molecule has 0 aromatic carbocycles. The van der Waals surface area contributed by atoms with Crippen molar-refractivity contribution >= 4 is 0 Å². The average molecular weight is 1450 g/mol. The molecule has 1 aliphatic rings. The largest absolute Gasteiger partial charge is 0.392 e. The van der Waals surface area contributed by atoms with Crippen LogP contribution in [0.5, 0.6) is 0 Å². The van der Waals surface area contributed by atoms with E-state index in [0.717, 1.165) is 116 Å². The number of ether oxygens (including phenoxy) is 4. The second kappa shape index (κ2) is 80.0. The molecule has 14 heteroatoms. The van der Waals surface area contributed by atoms with E-state index in [1.165, 1.54) is 295 Å². The number of unbranched alkanes of at least 4 members (excludes halogenated alkanes) is 41. The van der Waals surface area contributed by atoms with Crippen molar-refractivity contribution in [3.8, 4) is 0 Å². The van der Waals surface area contributed by atoms with Gasteiger partial charge in [0.25, 0.3) is 0 Å². The monoisotopic (exact) mass is 1450 g/mol. The van der Waals surface area contributed by atoms with Crippen molar-refractivity contribution in [1.82, 2.24) is 24.9 Å². The quantitative estimate of drug-likeness (QED) is 0.0319. The molecular weight excluding hydrogens is 1270 g/mol. The Morgan fingerprint density at radius 1 is 0.265 bits per heavy atom. The SMILES string of the molecule is CCCCCCCCCCCCC(O)CN(CCOCCOCCNCC(O)CCCCCCCC(CCCC)CCN1CCN(CCOCCOCCN(CC(O)CCCCCCCCCCCC)CC(O)CCCCCCCCCCCC)CC1)CC(O)CCCCCCCCCCCC. The number of rotatable bonds is 86. The van der Waals surface area contributed by atoms with Gasteiger partial charge in [0.15, 0.2) is 0 Å². The van der Waals surface area contributed by atoms with Crippen molar-refractivity contribution in [3.63, 3.8) is 0 Å². The number of aliphatic hydroxyl groups excluding tert-OH is 5. The van der Waals surface area contributed by atoms with Crippen LogP contribution in [0.2, 0.25) is 0 Å². The fourth-order valence-electron chi connectivity index (χ4n) is 15.2. The van der Waals surface area contributed by atoms with Crippen LogP contribution in [0.1, 0.15) is 388 Å². The van der Waals surface area contributed by atoms with E-state index < -0.39 is 0 Å². The standard InChI is InChI=1S/C88H181N5O9/c1-6-11-16-20-24-28-32-36-42-49-56-85(95)79-92(80-86(96)57-50-43-37-33-29-25-21-17-12-7-2)68-72-101-75-74-99-70-61-89-78-84(94)55-48-46-40-41-47-54-83(53-15-10-5)60-62-90-63-65-91(66-64-90)67-71-100-76-77-102-73-69-93(81-87(97)58-51-44-38-34-30-26-22-18-13-8-3)82-88(98)59-52-45-39-35-31-27-23-19-14-9-4/h83-89,94-98H,6-82H2,1-5H3. The normalized spacial score (nSPS) is 15.2. The smallest absolute Gasteiger partial charge is 0.0701 e. The zero-order chi connectivity index (χ0) is 73.8. The molecule has 14 nitrogen and oxygen atoms in total. The predicted octanol–water partition coefficient (Wildman–Crippen LogP) is 19.8. The third kappa shape index (κ3) is 71.1. The highest BCUT2D eigenvalue weighted by molar-refractivity contribution is 4.75. The maximum Gasteiger partial charge on any atom is 0.0701 e. The van der Waals surface area contributed by atoms with E-state index in [0.29, 0.717) is 92.1 Å². The maximum atomic E-state index is 11.1. The molecule has 1 fully saturated rings. The maximum absolute atomic E-state index is 11.1. The van der Waals surface area contributed by atoms with Crippen LogP contribution in [0.4, 0.5) is 0 Å². The second-order valence-corrected chi connectivity index (χ2v) is 32.1. The van der Waals surface area contributed by atoms with Crippen LogP contribution in [0.15, 0.2) is 0 Å². The van der Waals surface area contributed by atoms with Gasteiger partial charge < -0.3 is 54.7 Å². The topological polar surface area (TPSA) is 163 Å². The van der Waals surface area contributed by atoms with Crippen LogP contribution in [0.3, 0.4) is 0 Å². The van der Waals surface area contributed by atoms with Gasteiger partial charge in [0.05, 0.1) is 83.4 Å². The fraction of sp³-hybridized carbons (Fsp3) is 1.00. The van der Waals surface area contributed by atoms with Crippen LogP contribution in [-0.2, 0) is 18.9 Å². The Balaban J connectivity index is 2.26. The first-order valence-corrected chi connectivity index (χ1v) is 45.4. The van der Waals surface area contributed by atoms with Crippen molar-refractivity contribution in [3.05, 3.63) is 0 Å². The van der Waals surface area contributed by atoms with Gasteiger partial charge in [-0.3, -0.25) is 14.7 Å². The molecule has 102 heavy (non-hydrogen) atoms. The van der Waals surface area contributed by atoms with E-state index in [4.69, 9.17) is 18.9 Å². The molecule has 0 radical (unpaired) electrons. The van der Waals surface area contributed by atoms with Gasteiger partial charge in [-0.05, 0) is 51.0 Å². The molecule has 0 spiro atoms. The van der Waals surface area contributed by atoms with Crippen LogP contribution in [0, 0.1) is 5.92 Å². The summed E-state index contributed by atoms with van der Waals surface area (Å²) in [7, 11) is 0. The number of hydrogen-bond donors (Lipinski definition) is 6. The molecule has 1 aliphatic heterocycles. The molecule has 0 amide bonds. The summed E-state index contributed by atoms with van der Waals surface area (Å²) in [5.41, 5.74) is 0. The Hall–Kier alpha value is -0.560. The van der Waals surface area contributed by atoms with Gasteiger partial charge in [0, 0.05) is 85.1 Å². The fourth-order valence-corrected chi connectivity index (χ4v) is 15.2. The molecule has 0 aliphatic carbocycles. The number of nitrogens with zero attached hydrogens (tertiary/aromatic N) is 4. The van der Waals surface area contributed by atoms with Gasteiger partial charge in [0.1, 0.15) is 0 Å². The Labute approximate surface area is 634 Å². The summed E-state index contributed by atoms with van der Waals surface area (Å²) < 4.78 is 24.0. The van der Waals surface area contributed by atoms with Crippen LogP contribution in [-0.4, -0.2) is 220 Å². The molecule has 1 rings (SSSR count). The average Bonchev–Trinajstić information content (AvgIpc) is 0.972. The van der Waals surface area contributed by atoms with E-state index in [1.54, 1.807) is 0 Å². The summed E-state index contributed by atoms with van der Waals surface area (Å²) in [6.07, 6.45) is 67.1. The lowest BCUT2D eigenvalue weighted by molar-refractivity contribution is 0.0124. The molecule has 0 aromatic rings. The molecule has 0 saturated carbocycles. The minimum Gasteiger partial charge on any atom is -0.392 e. The Morgan fingerprint density at radius 3 is 0.843 bits per heavy atom. The highest BCUT2D eigenvalue weighted by Crippen LogP contribution is 2.24. The number of nitrogens with one attached hydrogen (secondary N) is 1. The van der Waals surface area contributed by atoms with Crippen LogP contribution in [0.25, 0.3) is 0 Å². The zero-order valence-electron chi connectivity index (χ0n) is 69.1. The Kier molecular flexibility index (Phi) is 78.0. The first kappa shape index (κ1) is 99.4. The summed E-state index contributed by atoms with van der Waals surface area (Å²) >= 11 is 0. The van der Waals surface area contributed by atoms with Gasteiger partial charge in [-0.25, -0.2) is 0 Å². The lowest BCUT2D eigenvalue weighted by atomic mass is 9.92. The molecule has 6 unspecified atom stereocenters. The minimum absolute atomic E-state index is 0.321. The lowest BCUT2D eigenvalue weighted by Crippen LogP contribution is -2.47. The summed E-state index contributed by atoms with van der Waals surface area (Å²) in [6.45, 7) is 28.0. The van der Waals surface area contributed by atoms with Gasteiger partial charge in [0.2, 0.25) is 0 Å². The molecule has 0 bridgehead atoms. The van der Waals surface area contributed by atoms with E-state index in [9.17, 15) is 25.5 Å². The van der Waals surface area contributed by atoms with Crippen LogP contribution < -0.4 is 5.32 Å². The molecule has 0 aromatic heterocycles. The molecule has 612 valence electrons. The number of aliphatic hydroxyl groups is 5.